The second-order valence-electron chi connectivity index (χ2n) is 5.20. The van der Waals surface area contributed by atoms with Gasteiger partial charge < -0.3 is 15.3 Å². The Bertz CT molecular complexity index is 236. The molecule has 0 saturated heterocycles. The maximum absolute atomic E-state index is 11.6. The quantitative estimate of drug-likeness (QED) is 0.760. The fourth-order valence-electron chi connectivity index (χ4n) is 2.87. The molecule has 1 amide bonds. The van der Waals surface area contributed by atoms with E-state index in [0.29, 0.717) is 24.7 Å². The molecule has 1 saturated carbocycles. The van der Waals surface area contributed by atoms with E-state index in [4.69, 9.17) is 5.11 Å². The van der Waals surface area contributed by atoms with Crippen LogP contribution in [0, 0.1) is 0 Å². The molecule has 0 radical (unpaired) electrons. The Morgan fingerprint density at radius 2 is 1.94 bits per heavy atom. The third-order valence-corrected chi connectivity index (χ3v) is 3.55. The van der Waals surface area contributed by atoms with Gasteiger partial charge in [-0.2, -0.15) is 0 Å². The molecule has 0 heterocycles. The van der Waals surface area contributed by atoms with E-state index in [0.717, 1.165) is 25.7 Å². The van der Waals surface area contributed by atoms with Crippen LogP contribution in [0.3, 0.4) is 0 Å². The van der Waals surface area contributed by atoms with Crippen molar-refractivity contribution in [3.05, 3.63) is 0 Å². The molecule has 1 aliphatic carbocycles. The lowest BCUT2D eigenvalue weighted by Crippen LogP contribution is -2.47. The number of aliphatic hydroxyl groups excluding tert-OH is 1. The lowest BCUT2D eigenvalue weighted by molar-refractivity contribution is -0.133. The topological polar surface area (TPSA) is 52.6 Å². The monoisotopic (exact) mass is 242 g/mol. The molecule has 1 rings (SSSR count). The lowest BCUT2D eigenvalue weighted by atomic mass is 9.89. The van der Waals surface area contributed by atoms with Gasteiger partial charge in [0, 0.05) is 31.6 Å². The van der Waals surface area contributed by atoms with Gasteiger partial charge in [0.2, 0.25) is 5.91 Å². The van der Waals surface area contributed by atoms with Crippen molar-refractivity contribution >= 4 is 5.91 Å². The Labute approximate surface area is 104 Å². The Kier molecular flexibility index (Phi) is 5.92. The number of rotatable bonds is 5. The zero-order valence-electron chi connectivity index (χ0n) is 11.3. The van der Waals surface area contributed by atoms with Crippen LogP contribution in [0.5, 0.6) is 0 Å². The van der Waals surface area contributed by atoms with Crippen LogP contribution in [-0.4, -0.2) is 47.2 Å². The van der Waals surface area contributed by atoms with Crippen molar-refractivity contribution in [1.82, 2.24) is 10.2 Å². The van der Waals surface area contributed by atoms with Crippen LogP contribution in [-0.2, 0) is 4.79 Å². The first-order valence-electron chi connectivity index (χ1n) is 6.69. The maximum atomic E-state index is 11.6. The highest BCUT2D eigenvalue weighted by atomic mass is 16.3. The van der Waals surface area contributed by atoms with Crippen molar-refractivity contribution in [3.63, 3.8) is 0 Å². The molecule has 0 aromatic heterocycles. The summed E-state index contributed by atoms with van der Waals surface area (Å²) >= 11 is 0. The van der Waals surface area contributed by atoms with Gasteiger partial charge in [-0.1, -0.05) is 0 Å². The molecular formula is C13H26N2O2. The van der Waals surface area contributed by atoms with E-state index in [1.165, 1.54) is 0 Å². The highest BCUT2D eigenvalue weighted by molar-refractivity contribution is 5.73. The van der Waals surface area contributed by atoms with Gasteiger partial charge in [0.1, 0.15) is 0 Å². The molecule has 1 aliphatic rings. The molecule has 100 valence electrons. The van der Waals surface area contributed by atoms with Gasteiger partial charge >= 0.3 is 0 Å². The molecule has 4 nitrogen and oxygen atoms in total. The average molecular weight is 242 g/mol. The number of hydrogen-bond acceptors (Lipinski definition) is 3. The molecule has 0 aromatic carbocycles. The van der Waals surface area contributed by atoms with Gasteiger partial charge in [-0.25, -0.2) is 0 Å². The van der Waals surface area contributed by atoms with Crippen molar-refractivity contribution < 1.29 is 9.90 Å². The van der Waals surface area contributed by atoms with Gasteiger partial charge in [0.25, 0.3) is 0 Å². The fraction of sp³-hybridized carbons (Fsp3) is 0.923. The highest BCUT2D eigenvalue weighted by Gasteiger charge is 2.28. The summed E-state index contributed by atoms with van der Waals surface area (Å²) in [5.41, 5.74) is 0. The fourth-order valence-corrected chi connectivity index (χ4v) is 2.87. The van der Waals surface area contributed by atoms with Crippen LogP contribution < -0.4 is 5.32 Å². The van der Waals surface area contributed by atoms with E-state index in [1.807, 2.05) is 4.90 Å². The molecule has 4 heteroatoms. The molecule has 0 bridgehead atoms. The molecule has 0 aromatic rings. The van der Waals surface area contributed by atoms with Crippen LogP contribution in [0.25, 0.3) is 0 Å². The summed E-state index contributed by atoms with van der Waals surface area (Å²) in [5.74, 6) is 0.187. The molecule has 0 spiro atoms. The first kappa shape index (κ1) is 14.5. The molecule has 1 fully saturated rings. The molecule has 17 heavy (non-hydrogen) atoms. The largest absolute Gasteiger partial charge is 0.395 e. The summed E-state index contributed by atoms with van der Waals surface area (Å²) in [4.78, 5) is 13.6. The van der Waals surface area contributed by atoms with Crippen molar-refractivity contribution in [2.75, 3.05) is 13.2 Å². The normalized spacial score (nSPS) is 25.0. The highest BCUT2D eigenvalue weighted by Crippen LogP contribution is 2.24. The van der Waals surface area contributed by atoms with E-state index < -0.39 is 0 Å². The summed E-state index contributed by atoms with van der Waals surface area (Å²) in [6, 6.07) is 1.21. The molecule has 0 atom stereocenters. The Morgan fingerprint density at radius 1 is 1.35 bits per heavy atom. The van der Waals surface area contributed by atoms with Crippen LogP contribution in [0.4, 0.5) is 0 Å². The number of carbonyl (C=O) groups is 1. The molecule has 0 unspecified atom stereocenters. The number of nitrogens with one attached hydrogen (secondary N) is 1. The summed E-state index contributed by atoms with van der Waals surface area (Å²) in [6.07, 6.45) is 4.34. The van der Waals surface area contributed by atoms with Crippen LogP contribution in [0.2, 0.25) is 0 Å². The lowest BCUT2D eigenvalue weighted by Gasteiger charge is -2.39. The maximum Gasteiger partial charge on any atom is 0.219 e. The number of hydrogen-bond donors (Lipinski definition) is 2. The van der Waals surface area contributed by atoms with Crippen LogP contribution >= 0.6 is 0 Å². The van der Waals surface area contributed by atoms with Gasteiger partial charge in [0.15, 0.2) is 0 Å². The molecular weight excluding hydrogens is 216 g/mol. The van der Waals surface area contributed by atoms with Crippen molar-refractivity contribution in [1.29, 1.82) is 0 Å². The predicted octanol–water partition coefficient (Wildman–Crippen LogP) is 1.14. The number of nitrogens with zero attached hydrogens (tertiary/aromatic N) is 1. The van der Waals surface area contributed by atoms with E-state index in [2.05, 4.69) is 19.2 Å². The third kappa shape index (κ3) is 4.28. The first-order chi connectivity index (χ1) is 8.06. The Balaban J connectivity index is 2.41. The smallest absolute Gasteiger partial charge is 0.219 e. The summed E-state index contributed by atoms with van der Waals surface area (Å²) < 4.78 is 0. The third-order valence-electron chi connectivity index (χ3n) is 3.55. The summed E-state index contributed by atoms with van der Waals surface area (Å²) in [5, 5.41) is 12.1. The van der Waals surface area contributed by atoms with E-state index in [1.54, 1.807) is 6.92 Å². The number of aliphatic hydroxyl groups is 1. The second kappa shape index (κ2) is 6.97. The zero-order chi connectivity index (χ0) is 12.8. The van der Waals surface area contributed by atoms with E-state index in [-0.39, 0.29) is 12.5 Å². The van der Waals surface area contributed by atoms with E-state index in [9.17, 15) is 4.79 Å². The van der Waals surface area contributed by atoms with E-state index >= 15 is 0 Å². The minimum atomic E-state index is 0.187. The van der Waals surface area contributed by atoms with Gasteiger partial charge in [-0.05, 0) is 39.5 Å². The summed E-state index contributed by atoms with van der Waals surface area (Å²) in [7, 11) is 0. The van der Waals surface area contributed by atoms with Crippen molar-refractivity contribution in [3.8, 4) is 0 Å². The molecule has 0 aliphatic heterocycles. The Hall–Kier alpha value is -0.610. The second-order valence-corrected chi connectivity index (χ2v) is 5.20. The minimum Gasteiger partial charge on any atom is -0.395 e. The predicted molar refractivity (Wildman–Crippen MR) is 68.8 cm³/mol. The Morgan fingerprint density at radius 3 is 2.35 bits per heavy atom. The van der Waals surface area contributed by atoms with Gasteiger partial charge in [-0.3, -0.25) is 4.79 Å². The minimum absolute atomic E-state index is 0.187. The standard InChI is InChI=1S/C13H26N2O2/c1-10(2)15(11(3)17)13-6-4-12(5-7-13)14-8-9-16/h10,12-14,16H,4-9H2,1-3H3. The molecule has 2 N–H and O–H groups in total. The van der Waals surface area contributed by atoms with Gasteiger partial charge in [-0.15, -0.1) is 0 Å². The SMILES string of the molecule is CC(=O)N(C(C)C)C1CCC(NCCO)CC1. The number of amides is 1. The summed E-state index contributed by atoms with van der Waals surface area (Å²) in [6.45, 7) is 6.70. The van der Waals surface area contributed by atoms with Crippen molar-refractivity contribution in [2.24, 2.45) is 0 Å². The number of carbonyl (C=O) groups excluding carboxylic acids is 1. The average Bonchev–Trinajstić information content (AvgIpc) is 2.27. The van der Waals surface area contributed by atoms with Crippen LogP contribution in [0.1, 0.15) is 46.5 Å². The van der Waals surface area contributed by atoms with Crippen molar-refractivity contribution in [2.45, 2.75) is 64.6 Å². The first-order valence-corrected chi connectivity index (χ1v) is 6.69. The zero-order valence-corrected chi connectivity index (χ0v) is 11.3. The van der Waals surface area contributed by atoms with Crippen LogP contribution in [0.15, 0.2) is 0 Å². The van der Waals surface area contributed by atoms with Gasteiger partial charge in [0.05, 0.1) is 6.61 Å².